The van der Waals surface area contributed by atoms with Crippen molar-refractivity contribution >= 4 is 23.3 Å². The SMILES string of the molecule is COC(=O)c1cc2c(cc1NC(C)=O)OCC1COCCN21. The summed E-state index contributed by atoms with van der Waals surface area (Å²) < 4.78 is 16.0. The highest BCUT2D eigenvalue weighted by molar-refractivity contribution is 6.02. The number of carbonyl (C=O) groups is 2. The van der Waals surface area contributed by atoms with Crippen LogP contribution in [0.5, 0.6) is 5.75 Å². The van der Waals surface area contributed by atoms with E-state index < -0.39 is 5.97 Å². The number of amides is 1. The number of ether oxygens (including phenoxy) is 3. The number of hydrogen-bond donors (Lipinski definition) is 1. The molecular weight excluding hydrogens is 288 g/mol. The zero-order valence-electron chi connectivity index (χ0n) is 12.5. The minimum Gasteiger partial charge on any atom is -0.489 e. The Balaban J connectivity index is 2.05. The lowest BCUT2D eigenvalue weighted by Gasteiger charge is -2.41. The summed E-state index contributed by atoms with van der Waals surface area (Å²) in [6.45, 7) is 3.88. The predicted molar refractivity (Wildman–Crippen MR) is 79.5 cm³/mol. The highest BCUT2D eigenvalue weighted by Crippen LogP contribution is 2.39. The molecule has 2 aliphatic rings. The van der Waals surface area contributed by atoms with Crippen molar-refractivity contribution in [1.29, 1.82) is 0 Å². The molecule has 1 unspecified atom stereocenters. The number of anilines is 2. The standard InChI is InChI=1S/C15H18N2O5/c1-9(18)16-12-6-14-13(5-11(12)15(19)20-2)17-3-4-21-7-10(17)8-22-14/h5-6,10H,3-4,7-8H2,1-2H3,(H,16,18). The number of morpholine rings is 1. The molecule has 1 amide bonds. The van der Waals surface area contributed by atoms with Gasteiger partial charge in [0, 0.05) is 19.5 Å². The van der Waals surface area contributed by atoms with Gasteiger partial charge in [-0.1, -0.05) is 0 Å². The van der Waals surface area contributed by atoms with Gasteiger partial charge in [-0.15, -0.1) is 0 Å². The smallest absolute Gasteiger partial charge is 0.340 e. The summed E-state index contributed by atoms with van der Waals surface area (Å²) in [6, 6.07) is 3.52. The lowest BCUT2D eigenvalue weighted by atomic mass is 10.1. The Labute approximate surface area is 128 Å². The molecule has 0 radical (unpaired) electrons. The summed E-state index contributed by atoms with van der Waals surface area (Å²) >= 11 is 0. The largest absolute Gasteiger partial charge is 0.489 e. The Hall–Kier alpha value is -2.28. The highest BCUT2D eigenvalue weighted by atomic mass is 16.5. The van der Waals surface area contributed by atoms with E-state index in [0.29, 0.717) is 36.8 Å². The average Bonchev–Trinajstić information content (AvgIpc) is 2.52. The summed E-state index contributed by atoms with van der Waals surface area (Å²) in [5.41, 5.74) is 1.53. The molecule has 0 aromatic heterocycles. The number of carbonyl (C=O) groups excluding carboxylic acids is 2. The van der Waals surface area contributed by atoms with Crippen molar-refractivity contribution < 1.29 is 23.8 Å². The number of methoxy groups -OCH3 is 1. The Bertz CT molecular complexity index is 616. The minimum atomic E-state index is -0.498. The van der Waals surface area contributed by atoms with Crippen LogP contribution in [0.2, 0.25) is 0 Å². The van der Waals surface area contributed by atoms with E-state index in [2.05, 4.69) is 10.2 Å². The van der Waals surface area contributed by atoms with Crippen molar-refractivity contribution in [3.8, 4) is 5.75 Å². The summed E-state index contributed by atoms with van der Waals surface area (Å²) in [5.74, 6) is -0.110. The van der Waals surface area contributed by atoms with Crippen LogP contribution in [0.25, 0.3) is 0 Å². The van der Waals surface area contributed by atoms with Gasteiger partial charge in [-0.2, -0.15) is 0 Å². The van der Waals surface area contributed by atoms with Crippen LogP contribution in [0.3, 0.4) is 0 Å². The molecule has 0 saturated carbocycles. The van der Waals surface area contributed by atoms with Crippen molar-refractivity contribution in [2.24, 2.45) is 0 Å². The third-order valence-electron chi connectivity index (χ3n) is 3.78. The Morgan fingerprint density at radius 3 is 2.91 bits per heavy atom. The van der Waals surface area contributed by atoms with Crippen LogP contribution < -0.4 is 15.0 Å². The predicted octanol–water partition coefficient (Wildman–Crippen LogP) is 1.03. The summed E-state index contributed by atoms with van der Waals surface area (Å²) in [4.78, 5) is 25.5. The number of nitrogens with one attached hydrogen (secondary N) is 1. The van der Waals surface area contributed by atoms with Crippen molar-refractivity contribution in [3.63, 3.8) is 0 Å². The first-order valence-electron chi connectivity index (χ1n) is 7.11. The molecule has 22 heavy (non-hydrogen) atoms. The van der Waals surface area contributed by atoms with E-state index in [9.17, 15) is 9.59 Å². The minimum absolute atomic E-state index is 0.137. The van der Waals surface area contributed by atoms with Gasteiger partial charge in [0.2, 0.25) is 5.91 Å². The van der Waals surface area contributed by atoms with Crippen LogP contribution in [-0.4, -0.2) is 51.4 Å². The van der Waals surface area contributed by atoms with E-state index in [1.54, 1.807) is 12.1 Å². The number of hydrogen-bond acceptors (Lipinski definition) is 6. The van der Waals surface area contributed by atoms with E-state index >= 15 is 0 Å². The zero-order chi connectivity index (χ0) is 15.7. The number of nitrogens with zero attached hydrogens (tertiary/aromatic N) is 1. The maximum Gasteiger partial charge on any atom is 0.340 e. The van der Waals surface area contributed by atoms with Gasteiger partial charge in [0.25, 0.3) is 0 Å². The van der Waals surface area contributed by atoms with Gasteiger partial charge in [-0.3, -0.25) is 4.79 Å². The molecule has 2 aliphatic heterocycles. The molecule has 0 spiro atoms. The first-order valence-corrected chi connectivity index (χ1v) is 7.11. The van der Waals surface area contributed by atoms with Gasteiger partial charge >= 0.3 is 5.97 Å². The third-order valence-corrected chi connectivity index (χ3v) is 3.78. The van der Waals surface area contributed by atoms with Gasteiger partial charge in [-0.05, 0) is 6.07 Å². The van der Waals surface area contributed by atoms with Gasteiger partial charge in [0.1, 0.15) is 12.4 Å². The van der Waals surface area contributed by atoms with Crippen LogP contribution in [0.15, 0.2) is 12.1 Å². The lowest BCUT2D eigenvalue weighted by Crippen LogP contribution is -2.51. The topological polar surface area (TPSA) is 77.1 Å². The number of benzene rings is 1. The second kappa shape index (κ2) is 5.84. The van der Waals surface area contributed by atoms with Crippen molar-refractivity contribution in [2.75, 3.05) is 43.7 Å². The molecule has 1 fully saturated rings. The molecule has 7 heteroatoms. The van der Waals surface area contributed by atoms with Gasteiger partial charge in [0.15, 0.2) is 0 Å². The number of esters is 1. The van der Waals surface area contributed by atoms with E-state index in [1.807, 2.05) is 0 Å². The monoisotopic (exact) mass is 306 g/mol. The second-order valence-electron chi connectivity index (χ2n) is 5.27. The quantitative estimate of drug-likeness (QED) is 0.822. The lowest BCUT2D eigenvalue weighted by molar-refractivity contribution is -0.114. The average molecular weight is 306 g/mol. The van der Waals surface area contributed by atoms with Gasteiger partial charge in [0.05, 0.1) is 43.3 Å². The molecule has 2 heterocycles. The Morgan fingerprint density at radius 2 is 2.18 bits per heavy atom. The zero-order valence-corrected chi connectivity index (χ0v) is 12.5. The summed E-state index contributed by atoms with van der Waals surface area (Å²) in [7, 11) is 1.31. The van der Waals surface area contributed by atoms with E-state index in [-0.39, 0.29) is 11.9 Å². The molecule has 1 saturated heterocycles. The molecule has 1 N–H and O–H groups in total. The fourth-order valence-corrected chi connectivity index (χ4v) is 2.78. The summed E-state index contributed by atoms with van der Waals surface area (Å²) in [5, 5.41) is 2.65. The molecule has 1 atom stereocenters. The van der Waals surface area contributed by atoms with Crippen molar-refractivity contribution in [1.82, 2.24) is 0 Å². The summed E-state index contributed by atoms with van der Waals surface area (Å²) in [6.07, 6.45) is 0. The maximum atomic E-state index is 12.0. The third kappa shape index (κ3) is 2.59. The second-order valence-corrected chi connectivity index (χ2v) is 5.27. The van der Waals surface area contributed by atoms with E-state index in [1.165, 1.54) is 14.0 Å². The normalized spacial score (nSPS) is 19.5. The highest BCUT2D eigenvalue weighted by Gasteiger charge is 2.32. The van der Waals surface area contributed by atoms with Crippen molar-refractivity contribution in [3.05, 3.63) is 17.7 Å². The fraction of sp³-hybridized carbons (Fsp3) is 0.467. The maximum absolute atomic E-state index is 12.0. The van der Waals surface area contributed by atoms with Crippen molar-refractivity contribution in [2.45, 2.75) is 13.0 Å². The molecule has 3 rings (SSSR count). The molecule has 0 aliphatic carbocycles. The molecule has 7 nitrogen and oxygen atoms in total. The van der Waals surface area contributed by atoms with Gasteiger partial charge in [-0.25, -0.2) is 4.79 Å². The first-order chi connectivity index (χ1) is 10.6. The molecule has 0 bridgehead atoms. The Kier molecular flexibility index (Phi) is 3.89. The van der Waals surface area contributed by atoms with Crippen LogP contribution >= 0.6 is 0 Å². The molecular formula is C15H18N2O5. The molecule has 1 aromatic carbocycles. The van der Waals surface area contributed by atoms with Crippen LogP contribution in [-0.2, 0) is 14.3 Å². The van der Waals surface area contributed by atoms with E-state index in [0.717, 1.165) is 12.2 Å². The Morgan fingerprint density at radius 1 is 1.36 bits per heavy atom. The van der Waals surface area contributed by atoms with Gasteiger partial charge < -0.3 is 24.4 Å². The number of fused-ring (bicyclic) bond motifs is 3. The van der Waals surface area contributed by atoms with Crippen LogP contribution in [0, 0.1) is 0 Å². The molecule has 118 valence electrons. The van der Waals surface area contributed by atoms with Crippen LogP contribution in [0.4, 0.5) is 11.4 Å². The number of rotatable bonds is 2. The molecule has 1 aromatic rings. The fourth-order valence-electron chi connectivity index (χ4n) is 2.78. The first kappa shape index (κ1) is 14.6. The van der Waals surface area contributed by atoms with Crippen LogP contribution in [0.1, 0.15) is 17.3 Å². The van der Waals surface area contributed by atoms with E-state index in [4.69, 9.17) is 14.2 Å².